The first kappa shape index (κ1) is 22.1. The van der Waals surface area contributed by atoms with Gasteiger partial charge in [0.25, 0.3) is 11.5 Å². The first-order valence-corrected chi connectivity index (χ1v) is 10.3. The van der Waals surface area contributed by atoms with E-state index in [1.165, 1.54) is 19.4 Å². The number of pyridine rings is 1. The molecule has 11 heteroatoms. The van der Waals surface area contributed by atoms with Crippen molar-refractivity contribution in [3.63, 3.8) is 0 Å². The van der Waals surface area contributed by atoms with E-state index in [2.05, 4.69) is 20.5 Å². The van der Waals surface area contributed by atoms with Crippen molar-refractivity contribution in [2.45, 2.75) is 19.4 Å². The van der Waals surface area contributed by atoms with Crippen molar-refractivity contribution in [2.24, 2.45) is 12.1 Å². The lowest BCUT2D eigenvalue weighted by Gasteiger charge is -2.18. The van der Waals surface area contributed by atoms with Crippen LogP contribution in [-0.4, -0.2) is 52.1 Å². The molecule has 1 aliphatic rings. The number of ether oxygens (including phenoxy) is 1. The van der Waals surface area contributed by atoms with E-state index in [0.717, 1.165) is 16.7 Å². The van der Waals surface area contributed by atoms with Crippen molar-refractivity contribution in [1.29, 1.82) is 0 Å². The fraction of sp³-hybridized carbons (Fsp3) is 0.273. The average Bonchev–Trinajstić information content (AvgIpc) is 3.37. The van der Waals surface area contributed by atoms with Gasteiger partial charge in [0.05, 0.1) is 35.6 Å². The number of quaternary nitrogens is 1. The molecular weight excluding hydrogens is 426 g/mol. The fourth-order valence-corrected chi connectivity index (χ4v) is 3.87. The molecule has 1 unspecified atom stereocenters. The van der Waals surface area contributed by atoms with E-state index >= 15 is 0 Å². The molecule has 1 aromatic carbocycles. The number of esters is 1. The zero-order valence-corrected chi connectivity index (χ0v) is 18.7. The molecule has 33 heavy (non-hydrogen) atoms. The molecule has 0 saturated carbocycles. The SMILES string of the molecule is COC(=O)CC(C)Nc1c([N+](=O)[O-])ccnc1-c1ccc2c(c1)c([N@@+]1(C)C=CC=N1)nn2C. The van der Waals surface area contributed by atoms with E-state index < -0.39 is 16.9 Å². The van der Waals surface area contributed by atoms with Gasteiger partial charge in [-0.2, -0.15) is 0 Å². The largest absolute Gasteiger partial charge is 0.469 e. The number of nitrogens with zero attached hydrogens (tertiary/aromatic N) is 6. The number of aromatic nitrogens is 3. The van der Waals surface area contributed by atoms with Crippen molar-refractivity contribution in [2.75, 3.05) is 19.5 Å². The van der Waals surface area contributed by atoms with Crippen molar-refractivity contribution in [1.82, 2.24) is 19.4 Å². The molecule has 4 rings (SSSR count). The molecule has 0 aliphatic carbocycles. The normalized spacial score (nSPS) is 17.9. The lowest BCUT2D eigenvalue weighted by Crippen LogP contribution is -2.31. The van der Waals surface area contributed by atoms with Crippen LogP contribution in [0.1, 0.15) is 13.3 Å². The van der Waals surface area contributed by atoms with Gasteiger partial charge in [-0.15, -0.1) is 9.69 Å². The number of aryl methyl sites for hydroxylation is 1. The Hall–Kier alpha value is -4.12. The second kappa shape index (κ2) is 8.43. The summed E-state index contributed by atoms with van der Waals surface area (Å²) in [6, 6.07) is 6.58. The number of nitrogens with one attached hydrogen (secondary N) is 1. The van der Waals surface area contributed by atoms with E-state index in [9.17, 15) is 14.9 Å². The number of carbonyl (C=O) groups excluding carboxylic acids is 1. The summed E-state index contributed by atoms with van der Waals surface area (Å²) in [6.45, 7) is 1.75. The van der Waals surface area contributed by atoms with Crippen LogP contribution in [0, 0.1) is 10.1 Å². The smallest absolute Gasteiger partial charge is 0.307 e. The Morgan fingerprint density at radius 1 is 1.36 bits per heavy atom. The molecule has 0 radical (unpaired) electrons. The molecule has 11 nitrogen and oxygen atoms in total. The van der Waals surface area contributed by atoms with E-state index in [4.69, 9.17) is 4.74 Å². The second-order valence-electron chi connectivity index (χ2n) is 7.95. The molecule has 0 saturated heterocycles. The number of carbonyl (C=O) groups is 1. The highest BCUT2D eigenvalue weighted by atomic mass is 16.6. The van der Waals surface area contributed by atoms with Crippen LogP contribution in [-0.2, 0) is 16.6 Å². The molecule has 0 amide bonds. The third kappa shape index (κ3) is 4.05. The number of allylic oxidation sites excluding steroid dienone is 1. The Morgan fingerprint density at radius 2 is 2.15 bits per heavy atom. The van der Waals surface area contributed by atoms with Crippen LogP contribution in [0.25, 0.3) is 22.2 Å². The predicted molar refractivity (Wildman–Crippen MR) is 126 cm³/mol. The Labute approximate surface area is 189 Å². The van der Waals surface area contributed by atoms with Gasteiger partial charge in [0.2, 0.25) is 0 Å². The fourth-order valence-electron chi connectivity index (χ4n) is 3.87. The molecule has 3 aromatic rings. The number of hydrogen-bond donors (Lipinski definition) is 1. The maximum absolute atomic E-state index is 11.8. The van der Waals surface area contributed by atoms with Crippen LogP contribution in [0.4, 0.5) is 17.2 Å². The van der Waals surface area contributed by atoms with Gasteiger partial charge in [0.1, 0.15) is 24.6 Å². The van der Waals surface area contributed by atoms with Crippen LogP contribution < -0.4 is 9.91 Å². The summed E-state index contributed by atoms with van der Waals surface area (Å²) in [6.07, 6.45) is 6.95. The lowest BCUT2D eigenvalue weighted by molar-refractivity contribution is -0.384. The zero-order valence-electron chi connectivity index (χ0n) is 18.7. The standard InChI is InChI=1S/C22H24N7O4/c1-14(12-19(30)33-4)25-21-18(28(31)32)8-10-23-20(21)15-6-7-17-16(13-15)22(26-27(17)2)29(3)11-5-9-24-29/h5-11,13-14,25H,12H2,1-4H3/q+1/t14?,29-/m1/s1. The zero-order chi connectivity index (χ0) is 23.8. The minimum atomic E-state index is -0.470. The molecular formula is C22H24N7O4+. The summed E-state index contributed by atoms with van der Waals surface area (Å²) in [7, 11) is 5.08. The van der Waals surface area contributed by atoms with E-state index in [0.29, 0.717) is 11.3 Å². The topological polar surface area (TPSA) is 125 Å². The van der Waals surface area contributed by atoms with Crippen molar-refractivity contribution < 1.29 is 14.5 Å². The van der Waals surface area contributed by atoms with Crippen molar-refractivity contribution in [3.8, 4) is 11.3 Å². The van der Waals surface area contributed by atoms with Gasteiger partial charge < -0.3 is 10.1 Å². The molecule has 0 fully saturated rings. The molecule has 2 aromatic heterocycles. The Morgan fingerprint density at radius 3 is 2.82 bits per heavy atom. The Bertz CT molecular complexity index is 1300. The molecule has 1 aliphatic heterocycles. The third-order valence-corrected chi connectivity index (χ3v) is 5.52. The molecule has 170 valence electrons. The first-order valence-electron chi connectivity index (χ1n) is 10.3. The number of methoxy groups -OCH3 is 1. The van der Waals surface area contributed by atoms with Crippen LogP contribution in [0.2, 0.25) is 0 Å². The van der Waals surface area contributed by atoms with Crippen LogP contribution in [0.3, 0.4) is 0 Å². The average molecular weight is 450 g/mol. The highest BCUT2D eigenvalue weighted by molar-refractivity contribution is 5.95. The Balaban J connectivity index is 1.85. The summed E-state index contributed by atoms with van der Waals surface area (Å²) in [4.78, 5) is 27.4. The first-order chi connectivity index (χ1) is 15.7. The predicted octanol–water partition coefficient (Wildman–Crippen LogP) is 3.36. The molecule has 1 N–H and O–H groups in total. The minimum Gasteiger partial charge on any atom is -0.469 e. The quantitative estimate of drug-likeness (QED) is 0.253. The summed E-state index contributed by atoms with van der Waals surface area (Å²) >= 11 is 0. The molecule has 0 bridgehead atoms. The van der Waals surface area contributed by atoms with Gasteiger partial charge in [-0.25, -0.2) is 0 Å². The number of fused-ring (bicyclic) bond motifs is 1. The summed E-state index contributed by atoms with van der Waals surface area (Å²) in [5.41, 5.74) is 2.08. The van der Waals surface area contributed by atoms with Crippen molar-refractivity contribution >= 4 is 40.3 Å². The summed E-state index contributed by atoms with van der Waals surface area (Å²) < 4.78 is 6.65. The second-order valence-corrected chi connectivity index (χ2v) is 7.95. The van der Waals surface area contributed by atoms with Gasteiger partial charge in [-0.3, -0.25) is 24.6 Å². The van der Waals surface area contributed by atoms with Gasteiger partial charge in [-0.1, -0.05) is 11.2 Å². The number of anilines is 1. The number of nitro groups is 1. The maximum Gasteiger partial charge on any atom is 0.307 e. The summed E-state index contributed by atoms with van der Waals surface area (Å²) in [5.74, 6) is 0.305. The minimum absolute atomic E-state index is 0.0496. The van der Waals surface area contributed by atoms with Crippen LogP contribution >= 0.6 is 0 Å². The van der Waals surface area contributed by atoms with Gasteiger partial charge in [0, 0.05) is 37.0 Å². The Kier molecular flexibility index (Phi) is 5.64. The number of hydrogen-bond acceptors (Lipinski definition) is 8. The summed E-state index contributed by atoms with van der Waals surface area (Å²) in [5, 5.41) is 24.9. The number of rotatable bonds is 7. The monoisotopic (exact) mass is 450 g/mol. The molecule has 3 heterocycles. The van der Waals surface area contributed by atoms with Gasteiger partial charge >= 0.3 is 5.97 Å². The van der Waals surface area contributed by atoms with Gasteiger partial charge in [-0.05, 0) is 19.1 Å². The molecule has 2 atom stereocenters. The van der Waals surface area contributed by atoms with E-state index in [-0.39, 0.29) is 22.4 Å². The lowest BCUT2D eigenvalue weighted by atomic mass is 10.0. The highest BCUT2D eigenvalue weighted by Crippen LogP contribution is 2.38. The van der Waals surface area contributed by atoms with E-state index in [1.807, 2.05) is 44.6 Å². The van der Waals surface area contributed by atoms with Crippen LogP contribution in [0.5, 0.6) is 0 Å². The number of benzene rings is 1. The van der Waals surface area contributed by atoms with Gasteiger partial charge in [0.15, 0.2) is 0 Å². The highest BCUT2D eigenvalue weighted by Gasteiger charge is 2.32. The van der Waals surface area contributed by atoms with Crippen LogP contribution in [0.15, 0.2) is 47.8 Å². The van der Waals surface area contributed by atoms with Crippen molar-refractivity contribution in [3.05, 3.63) is 52.9 Å². The molecule has 0 spiro atoms. The van der Waals surface area contributed by atoms with E-state index in [1.54, 1.807) is 17.8 Å². The maximum atomic E-state index is 11.8. The third-order valence-electron chi connectivity index (χ3n) is 5.52.